The molecular weight excluding hydrogens is 827 g/mol. The molecule has 0 saturated carbocycles. The first-order chi connectivity index (χ1) is 33.0. The van der Waals surface area contributed by atoms with Gasteiger partial charge in [-0.3, -0.25) is 9.59 Å². The van der Waals surface area contributed by atoms with Gasteiger partial charge in [0.25, 0.3) is 0 Å². The normalized spacial score (nSPS) is 12.7. The van der Waals surface area contributed by atoms with Crippen LogP contribution in [0.4, 0.5) is 0 Å². The lowest BCUT2D eigenvalue weighted by Crippen LogP contribution is -2.45. The van der Waals surface area contributed by atoms with Crippen molar-refractivity contribution in [1.29, 1.82) is 0 Å². The van der Waals surface area contributed by atoms with E-state index in [1.807, 2.05) is 0 Å². The molecule has 0 spiro atoms. The molecule has 0 heterocycles. The molecule has 0 fully saturated rings. The van der Waals surface area contributed by atoms with Crippen LogP contribution in [0, 0.1) is 0 Å². The van der Waals surface area contributed by atoms with Crippen molar-refractivity contribution >= 4 is 11.9 Å². The Morgan fingerprint density at radius 1 is 0.418 bits per heavy atom. The van der Waals surface area contributed by atoms with Gasteiger partial charge in [0.2, 0.25) is 5.91 Å². The van der Waals surface area contributed by atoms with Crippen molar-refractivity contribution in [3.63, 3.8) is 0 Å². The van der Waals surface area contributed by atoms with Gasteiger partial charge in [0.15, 0.2) is 0 Å². The predicted molar refractivity (Wildman–Crippen MR) is 292 cm³/mol. The van der Waals surface area contributed by atoms with Crippen molar-refractivity contribution < 1.29 is 24.5 Å². The highest BCUT2D eigenvalue weighted by Gasteiger charge is 2.20. The number of hydrogen-bond acceptors (Lipinski definition) is 5. The molecule has 0 radical (unpaired) electrons. The molecule has 0 aliphatic rings. The van der Waals surface area contributed by atoms with Crippen LogP contribution in [0.5, 0.6) is 0 Å². The van der Waals surface area contributed by atoms with Gasteiger partial charge in [0.05, 0.1) is 25.4 Å². The number of amides is 1. The van der Waals surface area contributed by atoms with Gasteiger partial charge in [-0.1, -0.05) is 282 Å². The number of unbranched alkanes of at least 4 members (excludes halogenated alkanes) is 41. The lowest BCUT2D eigenvalue weighted by atomic mass is 10.0. The minimum absolute atomic E-state index is 0.0000703. The Morgan fingerprint density at radius 3 is 1.16 bits per heavy atom. The van der Waals surface area contributed by atoms with Gasteiger partial charge in [0.1, 0.15) is 0 Å². The number of carbonyl (C=O) groups excluding carboxylic acids is 2. The molecule has 0 aromatic rings. The highest BCUT2D eigenvalue weighted by Crippen LogP contribution is 2.18. The summed E-state index contributed by atoms with van der Waals surface area (Å²) in [5.41, 5.74) is 0. The molecule has 0 aliphatic carbocycles. The van der Waals surface area contributed by atoms with Gasteiger partial charge in [0, 0.05) is 12.8 Å². The zero-order chi connectivity index (χ0) is 48.6. The molecule has 0 aromatic heterocycles. The van der Waals surface area contributed by atoms with Crippen LogP contribution < -0.4 is 5.32 Å². The molecule has 67 heavy (non-hydrogen) atoms. The lowest BCUT2D eigenvalue weighted by molar-refractivity contribution is -0.143. The number of rotatable bonds is 56. The van der Waals surface area contributed by atoms with Crippen molar-refractivity contribution in [3.05, 3.63) is 24.3 Å². The van der Waals surface area contributed by atoms with Crippen molar-refractivity contribution in [2.45, 2.75) is 341 Å². The number of nitrogens with one attached hydrogen (secondary N) is 1. The third-order valence-electron chi connectivity index (χ3n) is 14.0. The van der Waals surface area contributed by atoms with Gasteiger partial charge in [-0.15, -0.1) is 0 Å². The van der Waals surface area contributed by atoms with Crippen LogP contribution >= 0.6 is 0 Å². The fraction of sp³-hybridized carbons (Fsp3) is 0.902. The summed E-state index contributed by atoms with van der Waals surface area (Å²) >= 11 is 0. The Kier molecular flexibility index (Phi) is 55.5. The van der Waals surface area contributed by atoms with E-state index in [0.717, 1.165) is 51.4 Å². The third kappa shape index (κ3) is 53.5. The summed E-state index contributed by atoms with van der Waals surface area (Å²) < 4.78 is 5.49. The topological polar surface area (TPSA) is 95.9 Å². The van der Waals surface area contributed by atoms with Gasteiger partial charge >= 0.3 is 5.97 Å². The maximum Gasteiger partial charge on any atom is 0.305 e. The number of esters is 1. The zero-order valence-electron chi connectivity index (χ0n) is 45.1. The molecule has 6 nitrogen and oxygen atoms in total. The molecule has 1 amide bonds. The third-order valence-corrected chi connectivity index (χ3v) is 14.0. The maximum absolute atomic E-state index is 12.5. The molecule has 0 aromatic carbocycles. The van der Waals surface area contributed by atoms with Crippen molar-refractivity contribution in [2.75, 3.05) is 13.2 Å². The number of carbonyl (C=O) groups is 2. The van der Waals surface area contributed by atoms with Crippen LogP contribution in [-0.2, 0) is 14.3 Å². The van der Waals surface area contributed by atoms with Crippen molar-refractivity contribution in [1.82, 2.24) is 5.32 Å². The van der Waals surface area contributed by atoms with E-state index in [-0.39, 0.29) is 18.5 Å². The summed E-state index contributed by atoms with van der Waals surface area (Å²) in [6, 6.07) is -0.546. The molecular formula is C61H117NO5. The minimum atomic E-state index is -0.669. The largest absolute Gasteiger partial charge is 0.466 e. The fourth-order valence-corrected chi connectivity index (χ4v) is 9.38. The van der Waals surface area contributed by atoms with E-state index >= 15 is 0 Å². The molecule has 0 aliphatic heterocycles. The zero-order valence-corrected chi connectivity index (χ0v) is 45.1. The van der Waals surface area contributed by atoms with Crippen LogP contribution in [0.2, 0.25) is 0 Å². The Labute approximate surface area is 418 Å². The number of ether oxygens (including phenoxy) is 1. The monoisotopic (exact) mass is 944 g/mol. The first kappa shape index (κ1) is 65.3. The van der Waals surface area contributed by atoms with E-state index in [4.69, 9.17) is 4.74 Å². The van der Waals surface area contributed by atoms with Crippen molar-refractivity contribution in [2.24, 2.45) is 0 Å². The highest BCUT2D eigenvalue weighted by atomic mass is 16.5. The predicted octanol–water partition coefficient (Wildman–Crippen LogP) is 18.6. The standard InChI is InChI=1S/C61H117NO5/c1-3-5-7-9-11-13-15-17-19-20-21-22-27-31-35-39-43-47-51-55-61(66)67-56-52-48-44-40-36-32-28-24-23-26-30-34-38-42-46-50-54-60(65)62-58(57-63)59(64)53-49-45-41-37-33-29-25-18-16-14-12-10-8-6-4-2/h11,13,17,19,58-59,63-64H,3-10,12,14-16,18,20-57H2,1-2H3,(H,62,65)/b13-11-,19-17-. The van der Waals surface area contributed by atoms with Crippen LogP contribution in [0.25, 0.3) is 0 Å². The number of aliphatic hydroxyl groups is 2. The number of aliphatic hydroxyl groups excluding tert-OH is 2. The molecule has 0 rings (SSSR count). The number of allylic oxidation sites excluding steroid dienone is 4. The van der Waals surface area contributed by atoms with E-state index < -0.39 is 12.1 Å². The smallest absolute Gasteiger partial charge is 0.305 e. The Hall–Kier alpha value is -1.66. The van der Waals surface area contributed by atoms with E-state index in [9.17, 15) is 19.8 Å². The van der Waals surface area contributed by atoms with Gasteiger partial charge < -0.3 is 20.3 Å². The van der Waals surface area contributed by atoms with Crippen LogP contribution in [0.15, 0.2) is 24.3 Å². The molecule has 2 unspecified atom stereocenters. The van der Waals surface area contributed by atoms with E-state index in [1.165, 1.54) is 244 Å². The molecule has 2 atom stereocenters. The van der Waals surface area contributed by atoms with Gasteiger partial charge in [-0.25, -0.2) is 0 Å². The lowest BCUT2D eigenvalue weighted by Gasteiger charge is -2.22. The number of hydrogen-bond donors (Lipinski definition) is 3. The summed E-state index contributed by atoms with van der Waals surface area (Å²) in [5.74, 6) is -0.0402. The van der Waals surface area contributed by atoms with E-state index in [0.29, 0.717) is 25.9 Å². The van der Waals surface area contributed by atoms with E-state index in [1.54, 1.807) is 0 Å². The Morgan fingerprint density at radius 2 is 0.746 bits per heavy atom. The second kappa shape index (κ2) is 56.9. The SMILES string of the molecule is CCCCC/C=C\C/C=C\CCCCCCCCCCCC(=O)OCCCCCCCCCCCCCCCCCCC(=O)NC(CO)C(O)CCCCCCCCCCCCCCCCC. The average Bonchev–Trinajstić information content (AvgIpc) is 3.33. The molecule has 0 saturated heterocycles. The molecule has 3 N–H and O–H groups in total. The van der Waals surface area contributed by atoms with Gasteiger partial charge in [-0.05, 0) is 57.8 Å². The quantitative estimate of drug-likeness (QED) is 0.0321. The maximum atomic E-state index is 12.5. The molecule has 6 heteroatoms. The Bertz CT molecular complexity index is 1040. The summed E-state index contributed by atoms with van der Waals surface area (Å²) in [4.78, 5) is 24.6. The van der Waals surface area contributed by atoms with Crippen LogP contribution in [0.3, 0.4) is 0 Å². The van der Waals surface area contributed by atoms with Crippen LogP contribution in [0.1, 0.15) is 328 Å². The first-order valence-electron chi connectivity index (χ1n) is 30.1. The first-order valence-corrected chi connectivity index (χ1v) is 30.1. The summed E-state index contributed by atoms with van der Waals surface area (Å²) in [7, 11) is 0. The molecule has 0 bridgehead atoms. The minimum Gasteiger partial charge on any atom is -0.466 e. The second-order valence-electron chi connectivity index (χ2n) is 20.7. The summed E-state index contributed by atoms with van der Waals surface area (Å²) in [5, 5.41) is 23.3. The highest BCUT2D eigenvalue weighted by molar-refractivity contribution is 5.76. The van der Waals surface area contributed by atoms with E-state index in [2.05, 4.69) is 43.5 Å². The fourth-order valence-electron chi connectivity index (χ4n) is 9.38. The summed E-state index contributed by atoms with van der Waals surface area (Å²) in [6.07, 6.45) is 68.8. The van der Waals surface area contributed by atoms with Gasteiger partial charge in [-0.2, -0.15) is 0 Å². The summed E-state index contributed by atoms with van der Waals surface area (Å²) in [6.45, 7) is 4.93. The molecule has 396 valence electrons. The van der Waals surface area contributed by atoms with Crippen LogP contribution in [-0.4, -0.2) is 47.4 Å². The Balaban J connectivity index is 3.40. The van der Waals surface area contributed by atoms with Crippen molar-refractivity contribution in [3.8, 4) is 0 Å². The second-order valence-corrected chi connectivity index (χ2v) is 20.7. The average molecular weight is 945 g/mol.